The normalized spacial score (nSPS) is 10.8. The summed E-state index contributed by atoms with van der Waals surface area (Å²) in [5.74, 6) is 2.31. The van der Waals surface area contributed by atoms with Crippen LogP contribution in [0.15, 0.2) is 33.9 Å². The SMILES string of the molecule is CCN(C)c1ccc(CSc2nnc(CSC)o2)cc1. The van der Waals surface area contributed by atoms with E-state index in [1.165, 1.54) is 11.3 Å². The van der Waals surface area contributed by atoms with Crippen LogP contribution in [0.5, 0.6) is 0 Å². The van der Waals surface area contributed by atoms with Gasteiger partial charge in [-0.25, -0.2) is 0 Å². The van der Waals surface area contributed by atoms with E-state index in [1.54, 1.807) is 23.5 Å². The molecule has 0 spiro atoms. The topological polar surface area (TPSA) is 42.2 Å². The van der Waals surface area contributed by atoms with Crippen LogP contribution in [-0.4, -0.2) is 30.0 Å². The first kappa shape index (κ1) is 15.3. The van der Waals surface area contributed by atoms with Crippen LogP contribution in [0.4, 0.5) is 5.69 Å². The molecule has 1 heterocycles. The number of nitrogens with zero attached hydrogens (tertiary/aromatic N) is 3. The number of thioether (sulfide) groups is 2. The molecule has 0 radical (unpaired) electrons. The predicted molar refractivity (Wildman–Crippen MR) is 86.5 cm³/mol. The van der Waals surface area contributed by atoms with Gasteiger partial charge >= 0.3 is 0 Å². The lowest BCUT2D eigenvalue weighted by Gasteiger charge is -2.16. The van der Waals surface area contributed by atoms with E-state index in [1.807, 2.05) is 6.26 Å². The third kappa shape index (κ3) is 4.18. The molecule has 1 aromatic carbocycles. The maximum absolute atomic E-state index is 5.54. The molecule has 6 heteroatoms. The van der Waals surface area contributed by atoms with Crippen LogP contribution in [-0.2, 0) is 11.5 Å². The van der Waals surface area contributed by atoms with Crippen molar-refractivity contribution in [3.8, 4) is 0 Å². The van der Waals surface area contributed by atoms with E-state index < -0.39 is 0 Å². The van der Waals surface area contributed by atoms with E-state index in [9.17, 15) is 0 Å². The molecule has 0 aliphatic heterocycles. The van der Waals surface area contributed by atoms with Gasteiger partial charge < -0.3 is 9.32 Å². The minimum Gasteiger partial charge on any atom is -0.415 e. The van der Waals surface area contributed by atoms with Crippen molar-refractivity contribution >= 4 is 29.2 Å². The van der Waals surface area contributed by atoms with Crippen LogP contribution in [0.2, 0.25) is 0 Å². The van der Waals surface area contributed by atoms with E-state index >= 15 is 0 Å². The second kappa shape index (κ2) is 7.59. The van der Waals surface area contributed by atoms with Gasteiger partial charge in [0.05, 0.1) is 5.75 Å². The second-order valence-corrected chi connectivity index (χ2v) is 6.16. The Morgan fingerprint density at radius 3 is 2.55 bits per heavy atom. The fraction of sp³-hybridized carbons (Fsp3) is 0.429. The monoisotopic (exact) mass is 309 g/mol. The molecule has 0 amide bonds. The summed E-state index contributed by atoms with van der Waals surface area (Å²) in [6, 6.07) is 8.58. The van der Waals surface area contributed by atoms with Crippen LogP contribution in [0.3, 0.4) is 0 Å². The summed E-state index contributed by atoms with van der Waals surface area (Å²) in [7, 11) is 2.09. The number of anilines is 1. The highest BCUT2D eigenvalue weighted by Crippen LogP contribution is 2.23. The molecule has 2 rings (SSSR count). The quantitative estimate of drug-likeness (QED) is 0.727. The largest absolute Gasteiger partial charge is 0.415 e. The summed E-state index contributed by atoms with van der Waals surface area (Å²) < 4.78 is 5.54. The summed E-state index contributed by atoms with van der Waals surface area (Å²) >= 11 is 3.26. The lowest BCUT2D eigenvalue weighted by Crippen LogP contribution is -2.15. The number of rotatable bonds is 7. The second-order valence-electron chi connectivity index (χ2n) is 4.36. The third-order valence-electron chi connectivity index (χ3n) is 2.93. The molecule has 0 atom stereocenters. The van der Waals surface area contributed by atoms with Crippen molar-refractivity contribution < 1.29 is 4.42 Å². The molecule has 0 saturated heterocycles. The van der Waals surface area contributed by atoms with E-state index in [-0.39, 0.29) is 0 Å². The van der Waals surface area contributed by atoms with Crippen LogP contribution < -0.4 is 4.90 Å². The van der Waals surface area contributed by atoms with E-state index in [0.717, 1.165) is 18.1 Å². The van der Waals surface area contributed by atoms with Gasteiger partial charge in [0.25, 0.3) is 5.22 Å². The molecule has 2 aromatic rings. The first-order valence-corrected chi connectivity index (χ1v) is 8.85. The van der Waals surface area contributed by atoms with Crippen molar-refractivity contribution in [3.63, 3.8) is 0 Å². The molecule has 0 aliphatic carbocycles. The molecule has 0 saturated carbocycles. The predicted octanol–water partition coefficient (Wildman–Crippen LogP) is 3.68. The summed E-state index contributed by atoms with van der Waals surface area (Å²) in [5.41, 5.74) is 2.49. The van der Waals surface area contributed by atoms with Gasteiger partial charge in [0.2, 0.25) is 5.89 Å². The number of hydrogen-bond acceptors (Lipinski definition) is 6. The maximum Gasteiger partial charge on any atom is 0.276 e. The first-order chi connectivity index (χ1) is 9.72. The summed E-state index contributed by atoms with van der Waals surface area (Å²) in [6.07, 6.45) is 2.02. The third-order valence-corrected chi connectivity index (χ3v) is 4.36. The highest BCUT2D eigenvalue weighted by molar-refractivity contribution is 7.98. The lowest BCUT2D eigenvalue weighted by atomic mass is 10.2. The zero-order valence-electron chi connectivity index (χ0n) is 12.0. The van der Waals surface area contributed by atoms with Gasteiger partial charge in [-0.3, -0.25) is 0 Å². The highest BCUT2D eigenvalue weighted by atomic mass is 32.2. The molecule has 108 valence electrons. The van der Waals surface area contributed by atoms with E-state index in [2.05, 4.69) is 53.3 Å². The molecule has 1 aromatic heterocycles. The summed E-state index contributed by atoms with van der Waals surface area (Å²) in [6.45, 7) is 3.15. The van der Waals surface area contributed by atoms with Gasteiger partial charge in [0.15, 0.2) is 0 Å². The van der Waals surface area contributed by atoms with Gasteiger partial charge in [-0.05, 0) is 30.9 Å². The van der Waals surface area contributed by atoms with E-state index in [4.69, 9.17) is 4.42 Å². The van der Waals surface area contributed by atoms with Gasteiger partial charge in [0.1, 0.15) is 0 Å². The number of aromatic nitrogens is 2. The molecule has 0 N–H and O–H groups in total. The lowest BCUT2D eigenvalue weighted by molar-refractivity contribution is 0.426. The van der Waals surface area contributed by atoms with Crippen LogP contribution in [0, 0.1) is 0 Å². The minimum absolute atomic E-state index is 0.642. The standard InChI is InChI=1S/C14H19N3OS2/c1-4-17(2)12-7-5-11(6-8-12)9-20-14-16-15-13(18-14)10-19-3/h5-8H,4,9-10H2,1-3H3. The van der Waals surface area contributed by atoms with Crippen LogP contribution in [0.25, 0.3) is 0 Å². The Bertz CT molecular complexity index is 527. The van der Waals surface area contributed by atoms with Gasteiger partial charge in [-0.2, -0.15) is 11.8 Å². The van der Waals surface area contributed by atoms with Crippen molar-refractivity contribution in [2.75, 3.05) is 24.7 Å². The van der Waals surface area contributed by atoms with Gasteiger partial charge in [-0.15, -0.1) is 10.2 Å². The Balaban J connectivity index is 1.89. The summed E-state index contributed by atoms with van der Waals surface area (Å²) in [5, 5.41) is 8.68. The maximum atomic E-state index is 5.54. The molecule has 20 heavy (non-hydrogen) atoms. The number of hydrogen-bond donors (Lipinski definition) is 0. The van der Waals surface area contributed by atoms with Crippen LogP contribution in [0.1, 0.15) is 18.4 Å². The molecule has 0 fully saturated rings. The van der Waals surface area contributed by atoms with Crippen molar-refractivity contribution in [1.82, 2.24) is 10.2 Å². The fourth-order valence-electron chi connectivity index (χ4n) is 1.65. The Kier molecular flexibility index (Phi) is 5.79. The molecular formula is C14H19N3OS2. The van der Waals surface area contributed by atoms with Crippen molar-refractivity contribution in [1.29, 1.82) is 0 Å². The van der Waals surface area contributed by atoms with Crippen molar-refractivity contribution in [3.05, 3.63) is 35.7 Å². The Hall–Kier alpha value is -1.14. The van der Waals surface area contributed by atoms with Gasteiger partial charge in [0, 0.05) is 25.0 Å². The smallest absolute Gasteiger partial charge is 0.276 e. The first-order valence-electron chi connectivity index (χ1n) is 6.47. The van der Waals surface area contributed by atoms with Crippen LogP contribution >= 0.6 is 23.5 Å². The zero-order valence-corrected chi connectivity index (χ0v) is 13.6. The number of benzene rings is 1. The molecular weight excluding hydrogens is 290 g/mol. The molecule has 0 aliphatic rings. The van der Waals surface area contributed by atoms with E-state index in [0.29, 0.717) is 11.1 Å². The molecule has 4 nitrogen and oxygen atoms in total. The van der Waals surface area contributed by atoms with Crippen molar-refractivity contribution in [2.24, 2.45) is 0 Å². The zero-order chi connectivity index (χ0) is 14.4. The summed E-state index contributed by atoms with van der Waals surface area (Å²) in [4.78, 5) is 2.21. The van der Waals surface area contributed by atoms with Gasteiger partial charge in [-0.1, -0.05) is 23.9 Å². The average Bonchev–Trinajstić information content (AvgIpc) is 2.93. The minimum atomic E-state index is 0.642. The molecule has 0 bridgehead atoms. The Labute approximate surface area is 128 Å². The highest BCUT2D eigenvalue weighted by Gasteiger charge is 2.06. The molecule has 0 unspecified atom stereocenters. The average molecular weight is 309 g/mol. The van der Waals surface area contributed by atoms with Crippen molar-refractivity contribution in [2.45, 2.75) is 23.7 Å². The fourth-order valence-corrected chi connectivity index (χ4v) is 2.75. The Morgan fingerprint density at radius 1 is 1.15 bits per heavy atom. The Morgan fingerprint density at radius 2 is 1.90 bits per heavy atom.